The van der Waals surface area contributed by atoms with Crippen LogP contribution in [0.2, 0.25) is 0 Å². The first-order valence-electron chi connectivity index (χ1n) is 7.79. The third-order valence-corrected chi connectivity index (χ3v) is 4.30. The zero-order valence-electron chi connectivity index (χ0n) is 14.3. The van der Waals surface area contributed by atoms with Crippen molar-refractivity contribution in [1.82, 2.24) is 14.7 Å². The highest BCUT2D eigenvalue weighted by molar-refractivity contribution is 5.95. The molecule has 8 heteroatoms. The standard InChI is InChI=1S/C17H19F2N3O3/c1-21-9-12(15(20-21)16(18)19)17(23)22-5-4-10-6-13(24-2)14(25-3)7-11(10)8-22/h6-7,9,16H,4-5,8H2,1-3H3. The van der Waals surface area contributed by atoms with Crippen molar-refractivity contribution < 1.29 is 23.0 Å². The molecular formula is C17H19F2N3O3. The maximum absolute atomic E-state index is 13.1. The maximum Gasteiger partial charge on any atom is 0.282 e. The van der Waals surface area contributed by atoms with E-state index in [2.05, 4.69) is 5.10 Å². The summed E-state index contributed by atoms with van der Waals surface area (Å²) in [6, 6.07) is 3.72. The number of nitrogens with zero attached hydrogens (tertiary/aromatic N) is 3. The number of carbonyl (C=O) groups excluding carboxylic acids is 1. The largest absolute Gasteiger partial charge is 0.493 e. The van der Waals surface area contributed by atoms with Gasteiger partial charge in [0.15, 0.2) is 11.5 Å². The second-order valence-electron chi connectivity index (χ2n) is 5.85. The molecule has 6 nitrogen and oxygen atoms in total. The van der Waals surface area contributed by atoms with E-state index < -0.39 is 18.0 Å². The normalized spacial score (nSPS) is 13.8. The van der Waals surface area contributed by atoms with Crippen LogP contribution in [0.25, 0.3) is 0 Å². The Kier molecular flexibility index (Phi) is 4.61. The lowest BCUT2D eigenvalue weighted by Crippen LogP contribution is -2.36. The second-order valence-corrected chi connectivity index (χ2v) is 5.85. The second kappa shape index (κ2) is 6.70. The van der Waals surface area contributed by atoms with E-state index in [1.807, 2.05) is 12.1 Å². The molecule has 0 saturated carbocycles. The number of amides is 1. The molecule has 0 bridgehead atoms. The van der Waals surface area contributed by atoms with Gasteiger partial charge < -0.3 is 14.4 Å². The van der Waals surface area contributed by atoms with Gasteiger partial charge >= 0.3 is 0 Å². The summed E-state index contributed by atoms with van der Waals surface area (Å²) in [5.41, 5.74) is 1.44. The molecule has 1 aromatic carbocycles. The Morgan fingerprint density at radius 3 is 2.44 bits per heavy atom. The van der Waals surface area contributed by atoms with Crippen molar-refractivity contribution >= 4 is 5.91 Å². The Bertz CT molecular complexity index is 805. The van der Waals surface area contributed by atoms with Crippen LogP contribution in [-0.2, 0) is 20.0 Å². The number of aromatic nitrogens is 2. The van der Waals surface area contributed by atoms with Crippen LogP contribution in [0.15, 0.2) is 18.3 Å². The fourth-order valence-electron chi connectivity index (χ4n) is 3.06. The summed E-state index contributed by atoms with van der Waals surface area (Å²) >= 11 is 0. The van der Waals surface area contributed by atoms with Gasteiger partial charge in [0.2, 0.25) is 0 Å². The van der Waals surface area contributed by atoms with Crippen molar-refractivity contribution in [1.29, 1.82) is 0 Å². The number of hydrogen-bond acceptors (Lipinski definition) is 4. The summed E-state index contributed by atoms with van der Waals surface area (Å²) in [7, 11) is 4.63. The number of alkyl halides is 2. The van der Waals surface area contributed by atoms with Crippen molar-refractivity contribution in [3.05, 3.63) is 40.7 Å². The number of fused-ring (bicyclic) bond motifs is 1. The van der Waals surface area contributed by atoms with Crippen molar-refractivity contribution in [2.24, 2.45) is 7.05 Å². The predicted molar refractivity (Wildman–Crippen MR) is 86.2 cm³/mol. The zero-order chi connectivity index (χ0) is 18.1. The summed E-state index contributed by atoms with van der Waals surface area (Å²) in [6.45, 7) is 0.769. The van der Waals surface area contributed by atoms with E-state index in [0.29, 0.717) is 31.0 Å². The molecule has 0 atom stereocenters. The monoisotopic (exact) mass is 351 g/mol. The van der Waals surface area contributed by atoms with Crippen LogP contribution in [0.1, 0.15) is 33.6 Å². The summed E-state index contributed by atoms with van der Waals surface area (Å²) in [6.07, 6.45) is -0.832. The molecule has 1 aliphatic heterocycles. The van der Waals surface area contributed by atoms with Gasteiger partial charge in [-0.15, -0.1) is 0 Å². The smallest absolute Gasteiger partial charge is 0.282 e. The van der Waals surface area contributed by atoms with Gasteiger partial charge in [0.05, 0.1) is 19.8 Å². The number of carbonyl (C=O) groups is 1. The van der Waals surface area contributed by atoms with Gasteiger partial charge in [0.1, 0.15) is 5.69 Å². The number of methoxy groups -OCH3 is 2. The fraction of sp³-hybridized carbons (Fsp3) is 0.412. The highest BCUT2D eigenvalue weighted by atomic mass is 19.3. The summed E-state index contributed by atoms with van der Waals surface area (Å²) in [5, 5.41) is 3.70. The molecule has 1 aliphatic rings. The summed E-state index contributed by atoms with van der Waals surface area (Å²) in [4.78, 5) is 14.3. The molecule has 25 heavy (non-hydrogen) atoms. The molecule has 0 unspecified atom stereocenters. The van der Waals surface area contributed by atoms with Gasteiger partial charge in [0.25, 0.3) is 12.3 Å². The molecule has 0 saturated heterocycles. The van der Waals surface area contributed by atoms with E-state index in [-0.39, 0.29) is 5.56 Å². The lowest BCUT2D eigenvalue weighted by atomic mass is 9.98. The van der Waals surface area contributed by atoms with Crippen LogP contribution < -0.4 is 9.47 Å². The first-order valence-corrected chi connectivity index (χ1v) is 7.79. The number of benzene rings is 1. The first-order chi connectivity index (χ1) is 11.9. The Balaban J connectivity index is 1.89. The number of aryl methyl sites for hydroxylation is 1. The van der Waals surface area contributed by atoms with Crippen molar-refractivity contribution in [3.63, 3.8) is 0 Å². The van der Waals surface area contributed by atoms with Gasteiger partial charge in [-0.25, -0.2) is 8.78 Å². The molecule has 134 valence electrons. The van der Waals surface area contributed by atoms with Gasteiger partial charge in [-0.3, -0.25) is 9.48 Å². The van der Waals surface area contributed by atoms with E-state index in [0.717, 1.165) is 11.1 Å². The maximum atomic E-state index is 13.1. The molecule has 2 aromatic rings. The average Bonchev–Trinajstić information content (AvgIpc) is 3.01. The minimum absolute atomic E-state index is 0.0542. The Labute approximate surface area is 143 Å². The van der Waals surface area contributed by atoms with E-state index in [1.54, 1.807) is 19.1 Å². The molecule has 0 spiro atoms. The third kappa shape index (κ3) is 3.16. The summed E-state index contributed by atoms with van der Waals surface area (Å²) < 4.78 is 38.0. The molecule has 0 radical (unpaired) electrons. The summed E-state index contributed by atoms with van der Waals surface area (Å²) in [5.74, 6) is 0.766. The van der Waals surface area contributed by atoms with Gasteiger partial charge in [-0.05, 0) is 29.7 Å². The van der Waals surface area contributed by atoms with E-state index in [9.17, 15) is 13.6 Å². The number of halogens is 2. The molecule has 1 amide bonds. The molecule has 2 heterocycles. The van der Waals surface area contributed by atoms with E-state index in [4.69, 9.17) is 9.47 Å². The third-order valence-electron chi connectivity index (χ3n) is 4.30. The van der Waals surface area contributed by atoms with Crippen molar-refractivity contribution in [2.45, 2.75) is 19.4 Å². The number of ether oxygens (including phenoxy) is 2. The van der Waals surface area contributed by atoms with Crippen molar-refractivity contribution in [3.8, 4) is 11.5 Å². The topological polar surface area (TPSA) is 56.6 Å². The van der Waals surface area contributed by atoms with Gasteiger partial charge in [-0.2, -0.15) is 5.10 Å². The molecule has 0 aliphatic carbocycles. The highest BCUT2D eigenvalue weighted by Crippen LogP contribution is 2.34. The number of rotatable bonds is 4. The minimum Gasteiger partial charge on any atom is -0.493 e. The Morgan fingerprint density at radius 2 is 1.84 bits per heavy atom. The van der Waals surface area contributed by atoms with E-state index in [1.165, 1.54) is 17.9 Å². The highest BCUT2D eigenvalue weighted by Gasteiger charge is 2.29. The Hall–Kier alpha value is -2.64. The SMILES string of the molecule is COc1cc2c(cc1OC)CN(C(=O)c1cn(C)nc1C(F)F)CC2. The van der Waals surface area contributed by atoms with Crippen LogP contribution in [0.3, 0.4) is 0 Å². The molecule has 1 aromatic heterocycles. The molecule has 0 N–H and O–H groups in total. The number of hydrogen-bond donors (Lipinski definition) is 0. The molecule has 3 rings (SSSR count). The van der Waals surface area contributed by atoms with E-state index >= 15 is 0 Å². The lowest BCUT2D eigenvalue weighted by molar-refractivity contribution is 0.0722. The van der Waals surface area contributed by atoms with Crippen LogP contribution >= 0.6 is 0 Å². The van der Waals surface area contributed by atoms with Crippen molar-refractivity contribution in [2.75, 3.05) is 20.8 Å². The fourth-order valence-corrected chi connectivity index (χ4v) is 3.06. The lowest BCUT2D eigenvalue weighted by Gasteiger charge is -2.29. The zero-order valence-corrected chi connectivity index (χ0v) is 14.3. The van der Waals surface area contributed by atoms with Crippen LogP contribution in [0.5, 0.6) is 11.5 Å². The van der Waals surface area contributed by atoms with Gasteiger partial charge in [0, 0.05) is 26.3 Å². The quantitative estimate of drug-likeness (QED) is 0.850. The molecule has 0 fully saturated rings. The average molecular weight is 351 g/mol. The Morgan fingerprint density at radius 1 is 1.20 bits per heavy atom. The van der Waals surface area contributed by atoms with Crippen LogP contribution in [-0.4, -0.2) is 41.4 Å². The van der Waals surface area contributed by atoms with Crippen LogP contribution in [0, 0.1) is 0 Å². The molecular weight excluding hydrogens is 332 g/mol. The predicted octanol–water partition coefficient (Wildman–Crippen LogP) is 2.57. The first kappa shape index (κ1) is 17.2. The van der Waals surface area contributed by atoms with Gasteiger partial charge in [-0.1, -0.05) is 0 Å². The minimum atomic E-state index is -2.79. The van der Waals surface area contributed by atoms with Crippen LogP contribution in [0.4, 0.5) is 8.78 Å².